The van der Waals surface area contributed by atoms with Crippen molar-refractivity contribution in [2.75, 3.05) is 33.4 Å². The fourth-order valence-corrected chi connectivity index (χ4v) is 5.52. The molecule has 1 spiro atoms. The van der Waals surface area contributed by atoms with E-state index in [-0.39, 0.29) is 11.8 Å². The number of carbonyl (C=O) groups excluding carboxylic acids is 1. The highest BCUT2D eigenvalue weighted by atomic mass is 32.1. The molecule has 7 heteroatoms. The van der Waals surface area contributed by atoms with E-state index in [4.69, 9.17) is 9.47 Å². The number of hydrogen-bond donors (Lipinski definition) is 0. The van der Waals surface area contributed by atoms with Gasteiger partial charge in [0.25, 0.3) is 5.91 Å². The van der Waals surface area contributed by atoms with Crippen molar-refractivity contribution in [3.8, 4) is 5.75 Å². The number of hydrogen-bond acceptors (Lipinski definition) is 6. The smallest absolute Gasteiger partial charge is 0.257 e. The highest BCUT2D eigenvalue weighted by Gasteiger charge is 2.56. The van der Waals surface area contributed by atoms with Gasteiger partial charge in [-0.3, -0.25) is 14.7 Å². The monoisotopic (exact) mass is 449 g/mol. The number of methoxy groups -OCH3 is 1. The fourth-order valence-electron chi connectivity index (χ4n) is 4.86. The lowest BCUT2D eigenvalue weighted by atomic mass is 9.83. The zero-order valence-electron chi connectivity index (χ0n) is 18.1. The van der Waals surface area contributed by atoms with Crippen molar-refractivity contribution in [3.05, 3.63) is 82.3 Å². The highest BCUT2D eigenvalue weighted by molar-refractivity contribution is 7.07. The van der Waals surface area contributed by atoms with Gasteiger partial charge in [-0.1, -0.05) is 18.2 Å². The molecule has 0 unspecified atom stereocenters. The third-order valence-corrected chi connectivity index (χ3v) is 7.17. The maximum absolute atomic E-state index is 13.9. The summed E-state index contributed by atoms with van der Waals surface area (Å²) in [6.45, 7) is 3.86. The summed E-state index contributed by atoms with van der Waals surface area (Å²) < 4.78 is 11.7. The van der Waals surface area contributed by atoms with Crippen LogP contribution in [0.1, 0.15) is 22.6 Å². The van der Waals surface area contributed by atoms with Crippen LogP contribution in [0.3, 0.4) is 0 Å². The topological polar surface area (TPSA) is 54.9 Å². The molecule has 2 atom stereocenters. The van der Waals surface area contributed by atoms with E-state index in [0.717, 1.165) is 24.4 Å². The van der Waals surface area contributed by atoms with E-state index in [1.54, 1.807) is 24.6 Å². The first-order valence-corrected chi connectivity index (χ1v) is 11.8. The Hall–Kier alpha value is -2.74. The molecule has 0 radical (unpaired) electrons. The van der Waals surface area contributed by atoms with E-state index in [9.17, 15) is 4.79 Å². The van der Waals surface area contributed by atoms with Gasteiger partial charge in [-0.05, 0) is 51.7 Å². The van der Waals surface area contributed by atoms with Crippen molar-refractivity contribution in [2.45, 2.75) is 24.6 Å². The molecule has 6 nitrogen and oxygen atoms in total. The van der Waals surface area contributed by atoms with Gasteiger partial charge in [0.1, 0.15) is 5.75 Å². The SMILES string of the molecule is COc1ccc(CN2C[C@H](c3cccnc3)[C@]3(C2)OCCN(Cc2ccsc2)C3=O)cc1. The number of benzene rings is 1. The second-order valence-corrected chi connectivity index (χ2v) is 9.23. The van der Waals surface area contributed by atoms with Gasteiger partial charge in [0.05, 0.1) is 13.7 Å². The quantitative estimate of drug-likeness (QED) is 0.576. The molecule has 166 valence electrons. The molecule has 2 aliphatic rings. The van der Waals surface area contributed by atoms with Crippen LogP contribution < -0.4 is 4.74 Å². The molecule has 2 saturated heterocycles. The van der Waals surface area contributed by atoms with E-state index >= 15 is 0 Å². The molecule has 0 N–H and O–H groups in total. The van der Waals surface area contributed by atoms with E-state index < -0.39 is 5.60 Å². The van der Waals surface area contributed by atoms with Gasteiger partial charge in [-0.15, -0.1) is 0 Å². The van der Waals surface area contributed by atoms with Gasteiger partial charge in [0.15, 0.2) is 5.60 Å². The predicted molar refractivity (Wildman–Crippen MR) is 124 cm³/mol. The number of pyridine rings is 1. The summed E-state index contributed by atoms with van der Waals surface area (Å²) in [4.78, 5) is 22.5. The molecular weight excluding hydrogens is 422 g/mol. The van der Waals surface area contributed by atoms with Crippen LogP contribution in [-0.4, -0.2) is 59.6 Å². The lowest BCUT2D eigenvalue weighted by Crippen LogP contribution is -2.59. The van der Waals surface area contributed by atoms with Gasteiger partial charge in [-0.2, -0.15) is 11.3 Å². The van der Waals surface area contributed by atoms with Crippen LogP contribution in [0, 0.1) is 0 Å². The number of morpholine rings is 1. The van der Waals surface area contributed by atoms with Crippen molar-refractivity contribution in [2.24, 2.45) is 0 Å². The molecule has 4 heterocycles. The maximum Gasteiger partial charge on any atom is 0.257 e. The van der Waals surface area contributed by atoms with Gasteiger partial charge in [-0.25, -0.2) is 0 Å². The maximum atomic E-state index is 13.9. The van der Waals surface area contributed by atoms with Gasteiger partial charge in [0.2, 0.25) is 0 Å². The van der Waals surface area contributed by atoms with Crippen molar-refractivity contribution in [1.29, 1.82) is 0 Å². The number of nitrogens with zero attached hydrogens (tertiary/aromatic N) is 3. The molecule has 2 aliphatic heterocycles. The first kappa shape index (κ1) is 21.1. The van der Waals surface area contributed by atoms with Crippen LogP contribution in [0.25, 0.3) is 0 Å². The average Bonchev–Trinajstić information content (AvgIpc) is 3.47. The third kappa shape index (κ3) is 4.03. The largest absolute Gasteiger partial charge is 0.497 e. The van der Waals surface area contributed by atoms with E-state index in [1.165, 1.54) is 11.1 Å². The highest BCUT2D eigenvalue weighted by Crippen LogP contribution is 2.42. The first-order chi connectivity index (χ1) is 15.7. The average molecular weight is 450 g/mol. The summed E-state index contributed by atoms with van der Waals surface area (Å²) in [5, 5.41) is 4.17. The number of thiophene rings is 1. The molecule has 3 aromatic rings. The minimum atomic E-state index is -0.885. The number of rotatable bonds is 6. The normalized spacial score (nSPS) is 23.7. The van der Waals surface area contributed by atoms with Crippen LogP contribution in [0.5, 0.6) is 5.75 Å². The Morgan fingerprint density at radius 2 is 2.06 bits per heavy atom. The molecular formula is C25H27N3O3S. The molecule has 5 rings (SSSR count). The lowest BCUT2D eigenvalue weighted by Gasteiger charge is -2.42. The summed E-state index contributed by atoms with van der Waals surface area (Å²) in [5.41, 5.74) is 2.53. The summed E-state index contributed by atoms with van der Waals surface area (Å²) >= 11 is 1.66. The Kier molecular flexibility index (Phi) is 5.95. The zero-order chi connectivity index (χ0) is 22.0. The molecule has 32 heavy (non-hydrogen) atoms. The number of likely N-dealkylation sites (tertiary alicyclic amines) is 1. The molecule has 2 aromatic heterocycles. The third-order valence-electron chi connectivity index (χ3n) is 6.44. The number of amides is 1. The fraction of sp³-hybridized carbons (Fsp3) is 0.360. The molecule has 1 amide bonds. The summed E-state index contributed by atoms with van der Waals surface area (Å²) in [6, 6.07) is 14.2. The molecule has 0 bridgehead atoms. The zero-order valence-corrected chi connectivity index (χ0v) is 19.0. The Morgan fingerprint density at radius 1 is 1.19 bits per heavy atom. The number of aromatic nitrogens is 1. The van der Waals surface area contributed by atoms with Crippen molar-refractivity contribution < 1.29 is 14.3 Å². The Labute approximate surface area is 192 Å². The first-order valence-electron chi connectivity index (χ1n) is 10.9. The molecule has 0 saturated carbocycles. The van der Waals surface area contributed by atoms with Crippen LogP contribution in [0.2, 0.25) is 0 Å². The van der Waals surface area contributed by atoms with Crippen LogP contribution >= 0.6 is 11.3 Å². The second kappa shape index (κ2) is 9.02. The Bertz CT molecular complexity index is 1040. The van der Waals surface area contributed by atoms with Crippen molar-refractivity contribution >= 4 is 17.2 Å². The van der Waals surface area contributed by atoms with Gasteiger partial charge in [0, 0.05) is 51.0 Å². The van der Waals surface area contributed by atoms with Crippen molar-refractivity contribution in [1.82, 2.24) is 14.8 Å². The van der Waals surface area contributed by atoms with Gasteiger partial charge >= 0.3 is 0 Å². The van der Waals surface area contributed by atoms with Crippen molar-refractivity contribution in [3.63, 3.8) is 0 Å². The minimum absolute atomic E-state index is 0.0628. The second-order valence-electron chi connectivity index (χ2n) is 8.45. The molecule has 0 aliphatic carbocycles. The van der Waals surface area contributed by atoms with Crippen LogP contribution in [0.4, 0.5) is 0 Å². The van der Waals surface area contributed by atoms with Crippen LogP contribution in [0.15, 0.2) is 65.6 Å². The Balaban J connectivity index is 1.42. The molecule has 1 aromatic carbocycles. The van der Waals surface area contributed by atoms with Gasteiger partial charge < -0.3 is 14.4 Å². The predicted octanol–water partition coefficient (Wildman–Crippen LogP) is 3.55. The van der Waals surface area contributed by atoms with E-state index in [2.05, 4.69) is 44.9 Å². The summed E-state index contributed by atoms with van der Waals surface area (Å²) in [5.74, 6) is 0.864. The minimum Gasteiger partial charge on any atom is -0.497 e. The van der Waals surface area contributed by atoms with E-state index in [0.29, 0.717) is 26.2 Å². The number of carbonyl (C=O) groups is 1. The van der Waals surface area contributed by atoms with Crippen LogP contribution in [-0.2, 0) is 22.6 Å². The number of ether oxygens (including phenoxy) is 2. The lowest BCUT2D eigenvalue weighted by molar-refractivity contribution is -0.173. The summed E-state index contributed by atoms with van der Waals surface area (Å²) in [7, 11) is 1.67. The standard InChI is InChI=1S/C25H27N3O3S/c1-30-22-6-4-19(5-7-22)14-27-16-23(21-3-2-9-26-13-21)25(18-27)24(29)28(10-11-31-25)15-20-8-12-32-17-20/h2-9,12-13,17,23H,10-11,14-16,18H2,1H3/t23-,25+/m1/s1. The molecule has 2 fully saturated rings. The summed E-state index contributed by atoms with van der Waals surface area (Å²) in [6.07, 6.45) is 3.64. The van der Waals surface area contributed by atoms with E-state index in [1.807, 2.05) is 29.3 Å². The Morgan fingerprint density at radius 3 is 2.78 bits per heavy atom.